The average Bonchev–Trinajstić information content (AvgIpc) is 3.31. The number of oxazole rings is 1. The van der Waals surface area contributed by atoms with Crippen molar-refractivity contribution in [3.8, 4) is 0 Å². The van der Waals surface area contributed by atoms with E-state index in [-0.39, 0.29) is 18.2 Å². The summed E-state index contributed by atoms with van der Waals surface area (Å²) in [4.78, 5) is 42.4. The normalized spacial score (nSPS) is 16.3. The Morgan fingerprint density at radius 3 is 2.62 bits per heavy atom. The van der Waals surface area contributed by atoms with Gasteiger partial charge in [-0.2, -0.15) is 0 Å². The summed E-state index contributed by atoms with van der Waals surface area (Å²) in [5.74, 6) is -1.15. The highest BCUT2D eigenvalue weighted by molar-refractivity contribution is 7.98. The molecule has 1 fully saturated rings. The van der Waals surface area contributed by atoms with Crippen LogP contribution in [-0.4, -0.2) is 54.7 Å². The van der Waals surface area contributed by atoms with Crippen LogP contribution in [0.25, 0.3) is 11.1 Å². The van der Waals surface area contributed by atoms with Crippen molar-refractivity contribution in [3.05, 3.63) is 53.0 Å². The molecule has 168 valence electrons. The average molecular weight is 455 g/mol. The first-order valence-electron chi connectivity index (χ1n) is 10.4. The minimum atomic E-state index is -0.446. The molecular weight excluding hydrogens is 428 g/mol. The van der Waals surface area contributed by atoms with E-state index >= 15 is 0 Å². The quantitative estimate of drug-likeness (QED) is 0.553. The number of likely N-dealkylation sites (N-methyl/N-ethyl adjacent to an activating group) is 1. The van der Waals surface area contributed by atoms with Crippen molar-refractivity contribution >= 4 is 46.1 Å². The summed E-state index contributed by atoms with van der Waals surface area (Å²) in [6, 6.07) is 12.9. The number of anilines is 2. The van der Waals surface area contributed by atoms with Crippen molar-refractivity contribution in [3.63, 3.8) is 0 Å². The summed E-state index contributed by atoms with van der Waals surface area (Å²) in [5.41, 5.74) is 2.47. The molecule has 1 atom stereocenters. The number of aromatic nitrogens is 1. The fraction of sp³-hybridized carbons (Fsp3) is 0.348. The lowest BCUT2D eigenvalue weighted by molar-refractivity contribution is -0.122. The molecule has 1 unspecified atom stereocenters. The number of nitrogens with one attached hydrogen (secondary N) is 1. The van der Waals surface area contributed by atoms with Gasteiger partial charge in [-0.15, -0.1) is 11.8 Å². The molecule has 0 spiro atoms. The molecular formula is C23H26N4O4S. The van der Waals surface area contributed by atoms with E-state index in [4.69, 9.17) is 4.42 Å². The van der Waals surface area contributed by atoms with Crippen LogP contribution in [0, 0.1) is 5.92 Å². The standard InChI is InChI=1S/C23H26N4O4S/c1-25(2)10-11-26-19-13-16(4-9-20(19)31-23(26)30)24-22(29)15-12-21(28)27(14-15)17-5-7-18(32-3)8-6-17/h4-9,13,15H,10-12,14H2,1-3H3,(H,24,29). The van der Waals surface area contributed by atoms with Crippen LogP contribution in [-0.2, 0) is 16.1 Å². The van der Waals surface area contributed by atoms with Gasteiger partial charge >= 0.3 is 5.76 Å². The SMILES string of the molecule is CSc1ccc(N2CC(C(=O)Nc3ccc4oc(=O)n(CCN(C)C)c4c3)CC2=O)cc1. The van der Waals surface area contributed by atoms with E-state index in [1.165, 1.54) is 0 Å². The number of rotatable bonds is 7. The van der Waals surface area contributed by atoms with Gasteiger partial charge in [-0.3, -0.25) is 14.2 Å². The summed E-state index contributed by atoms with van der Waals surface area (Å²) < 4.78 is 6.87. The third kappa shape index (κ3) is 4.58. The first-order chi connectivity index (χ1) is 15.4. The lowest BCUT2D eigenvalue weighted by Crippen LogP contribution is -2.28. The number of hydrogen-bond donors (Lipinski definition) is 1. The maximum Gasteiger partial charge on any atom is 0.419 e. The fourth-order valence-corrected chi connectivity index (χ4v) is 4.20. The van der Waals surface area contributed by atoms with E-state index in [0.29, 0.717) is 36.4 Å². The summed E-state index contributed by atoms with van der Waals surface area (Å²) in [6.45, 7) is 1.51. The van der Waals surface area contributed by atoms with Crippen molar-refractivity contribution in [2.24, 2.45) is 5.92 Å². The van der Waals surface area contributed by atoms with Gasteiger partial charge in [0.2, 0.25) is 11.8 Å². The van der Waals surface area contributed by atoms with E-state index in [1.54, 1.807) is 39.4 Å². The maximum absolute atomic E-state index is 12.9. The van der Waals surface area contributed by atoms with E-state index < -0.39 is 11.7 Å². The Labute approximate surface area is 190 Å². The number of fused-ring (bicyclic) bond motifs is 1. The van der Waals surface area contributed by atoms with Gasteiger partial charge in [-0.25, -0.2) is 4.79 Å². The molecule has 2 heterocycles. The summed E-state index contributed by atoms with van der Waals surface area (Å²) in [5, 5.41) is 2.90. The summed E-state index contributed by atoms with van der Waals surface area (Å²) in [6.07, 6.45) is 2.16. The van der Waals surface area contributed by atoms with Gasteiger partial charge in [0.25, 0.3) is 0 Å². The number of benzene rings is 2. The molecule has 0 bridgehead atoms. The minimum Gasteiger partial charge on any atom is -0.408 e. The Morgan fingerprint density at radius 1 is 1.19 bits per heavy atom. The summed E-state index contributed by atoms with van der Waals surface area (Å²) in [7, 11) is 3.87. The molecule has 1 N–H and O–H groups in total. The molecule has 0 saturated carbocycles. The molecule has 4 rings (SSSR count). The summed E-state index contributed by atoms with van der Waals surface area (Å²) >= 11 is 1.64. The van der Waals surface area contributed by atoms with Crippen LogP contribution in [0.4, 0.5) is 11.4 Å². The Morgan fingerprint density at radius 2 is 1.94 bits per heavy atom. The molecule has 1 aliphatic heterocycles. The van der Waals surface area contributed by atoms with Crippen molar-refractivity contribution in [2.45, 2.75) is 17.9 Å². The Hall–Kier alpha value is -3.04. The van der Waals surface area contributed by atoms with E-state index in [0.717, 1.165) is 10.6 Å². The second-order valence-electron chi connectivity index (χ2n) is 8.10. The number of thioether (sulfide) groups is 1. The molecule has 32 heavy (non-hydrogen) atoms. The molecule has 1 aromatic heterocycles. The molecule has 2 aromatic carbocycles. The second kappa shape index (κ2) is 9.22. The van der Waals surface area contributed by atoms with Crippen molar-refractivity contribution in [1.29, 1.82) is 0 Å². The van der Waals surface area contributed by atoms with Crippen LogP contribution in [0.2, 0.25) is 0 Å². The molecule has 0 aliphatic carbocycles. The van der Waals surface area contributed by atoms with Gasteiger partial charge in [-0.1, -0.05) is 0 Å². The van der Waals surface area contributed by atoms with Crippen molar-refractivity contribution in [2.75, 3.05) is 43.7 Å². The molecule has 3 aromatic rings. The Bertz CT molecular complexity index is 1200. The van der Waals surface area contributed by atoms with Crippen LogP contribution in [0.15, 0.2) is 56.6 Å². The first kappa shape index (κ1) is 22.2. The van der Waals surface area contributed by atoms with Crippen LogP contribution >= 0.6 is 11.8 Å². The van der Waals surface area contributed by atoms with Crippen LogP contribution in [0.5, 0.6) is 0 Å². The third-order valence-corrected chi connectivity index (χ3v) is 6.33. The number of carbonyl (C=O) groups excluding carboxylic acids is 2. The first-order valence-corrected chi connectivity index (χ1v) is 11.6. The maximum atomic E-state index is 12.9. The third-order valence-electron chi connectivity index (χ3n) is 5.59. The van der Waals surface area contributed by atoms with Gasteiger partial charge < -0.3 is 19.5 Å². The van der Waals surface area contributed by atoms with Gasteiger partial charge in [0.15, 0.2) is 5.58 Å². The fourth-order valence-electron chi connectivity index (χ4n) is 3.79. The number of hydrogen-bond acceptors (Lipinski definition) is 6. The number of carbonyl (C=O) groups is 2. The van der Waals surface area contributed by atoms with Gasteiger partial charge in [0, 0.05) is 42.3 Å². The number of amides is 2. The van der Waals surface area contributed by atoms with E-state index in [1.807, 2.05) is 49.5 Å². The Balaban J connectivity index is 1.48. The van der Waals surface area contributed by atoms with Gasteiger partial charge in [-0.05, 0) is 62.8 Å². The zero-order valence-electron chi connectivity index (χ0n) is 18.3. The highest BCUT2D eigenvalue weighted by Crippen LogP contribution is 2.28. The van der Waals surface area contributed by atoms with Crippen LogP contribution in [0.1, 0.15) is 6.42 Å². The van der Waals surface area contributed by atoms with Crippen LogP contribution < -0.4 is 16.0 Å². The number of nitrogens with zero attached hydrogens (tertiary/aromatic N) is 3. The van der Waals surface area contributed by atoms with Crippen LogP contribution in [0.3, 0.4) is 0 Å². The van der Waals surface area contributed by atoms with Crippen molar-refractivity contribution < 1.29 is 14.0 Å². The monoisotopic (exact) mass is 454 g/mol. The van der Waals surface area contributed by atoms with Gasteiger partial charge in [0.05, 0.1) is 11.4 Å². The molecule has 0 radical (unpaired) electrons. The smallest absolute Gasteiger partial charge is 0.408 e. The minimum absolute atomic E-state index is 0.0649. The largest absolute Gasteiger partial charge is 0.419 e. The predicted molar refractivity (Wildman–Crippen MR) is 126 cm³/mol. The molecule has 1 saturated heterocycles. The second-order valence-corrected chi connectivity index (χ2v) is 8.98. The highest BCUT2D eigenvalue weighted by Gasteiger charge is 2.35. The van der Waals surface area contributed by atoms with Crippen molar-refractivity contribution in [1.82, 2.24) is 9.47 Å². The topological polar surface area (TPSA) is 87.8 Å². The molecule has 8 nitrogen and oxygen atoms in total. The zero-order chi connectivity index (χ0) is 22.8. The molecule has 1 aliphatic rings. The molecule has 2 amide bonds. The Kier molecular flexibility index (Phi) is 6.38. The molecule has 9 heteroatoms. The predicted octanol–water partition coefficient (Wildman–Crippen LogP) is 2.87. The van der Waals surface area contributed by atoms with E-state index in [2.05, 4.69) is 5.32 Å². The zero-order valence-corrected chi connectivity index (χ0v) is 19.1. The lowest BCUT2D eigenvalue weighted by atomic mass is 10.1. The van der Waals surface area contributed by atoms with E-state index in [9.17, 15) is 14.4 Å². The van der Waals surface area contributed by atoms with Gasteiger partial charge in [0.1, 0.15) is 0 Å². The lowest BCUT2D eigenvalue weighted by Gasteiger charge is -2.17. The highest BCUT2D eigenvalue weighted by atomic mass is 32.2.